The number of aryl methyl sites for hydroxylation is 2. The monoisotopic (exact) mass is 292 g/mol. The molecule has 0 atom stereocenters. The number of hydrogen-bond acceptors (Lipinski definition) is 4. The molecule has 0 bridgehead atoms. The molecule has 1 aromatic heterocycles. The van der Waals surface area contributed by atoms with Crippen LogP contribution in [-0.4, -0.2) is 22.2 Å². The second-order valence-corrected chi connectivity index (χ2v) is 5.02. The third-order valence-electron chi connectivity index (χ3n) is 3.37. The van der Waals surface area contributed by atoms with E-state index in [4.69, 9.17) is 5.41 Å². The lowest BCUT2D eigenvalue weighted by atomic mass is 9.97. The van der Waals surface area contributed by atoms with Gasteiger partial charge in [0.1, 0.15) is 5.82 Å². The number of rotatable bonds is 6. The van der Waals surface area contributed by atoms with Crippen LogP contribution in [0.2, 0.25) is 0 Å². The highest BCUT2D eigenvalue weighted by molar-refractivity contribution is 6.11. The molecule has 0 saturated heterocycles. The summed E-state index contributed by atoms with van der Waals surface area (Å²) in [7, 11) is 0. The summed E-state index contributed by atoms with van der Waals surface area (Å²) in [5, 5.41) is 11.4. The van der Waals surface area contributed by atoms with E-state index >= 15 is 0 Å². The predicted octanol–water partition coefficient (Wildman–Crippen LogP) is 3.91. The molecule has 2 rings (SSSR count). The van der Waals surface area contributed by atoms with Gasteiger partial charge in [0.15, 0.2) is 0 Å². The number of hydrogen-bond donors (Lipinski definition) is 2. The van der Waals surface area contributed by atoms with Crippen molar-refractivity contribution in [3.8, 4) is 11.1 Å². The first-order valence-electron chi connectivity index (χ1n) is 7.06. The molecule has 0 unspecified atom stereocenters. The molecule has 0 fully saturated rings. The van der Waals surface area contributed by atoms with Crippen molar-refractivity contribution in [1.29, 1.82) is 5.41 Å². The minimum absolute atomic E-state index is 0.379. The number of nitrogens with zero attached hydrogens (tertiary/aromatic N) is 2. The first kappa shape index (κ1) is 15.6. The van der Waals surface area contributed by atoms with E-state index in [9.17, 15) is 0 Å². The van der Waals surface area contributed by atoms with Gasteiger partial charge in [-0.1, -0.05) is 12.7 Å². The van der Waals surface area contributed by atoms with Crippen LogP contribution in [-0.2, 0) is 0 Å². The molecule has 1 aromatic carbocycles. The number of aromatic nitrogens is 2. The molecular weight excluding hydrogens is 272 g/mol. The molecule has 22 heavy (non-hydrogen) atoms. The van der Waals surface area contributed by atoms with Gasteiger partial charge in [-0.2, -0.15) is 0 Å². The van der Waals surface area contributed by atoms with Gasteiger partial charge >= 0.3 is 0 Å². The van der Waals surface area contributed by atoms with Crippen LogP contribution in [0.5, 0.6) is 0 Å². The highest BCUT2D eigenvalue weighted by Crippen LogP contribution is 2.29. The zero-order valence-corrected chi connectivity index (χ0v) is 13.0. The van der Waals surface area contributed by atoms with Crippen molar-refractivity contribution in [2.75, 3.05) is 11.9 Å². The number of benzene rings is 1. The minimum Gasteiger partial charge on any atom is -0.381 e. The summed E-state index contributed by atoms with van der Waals surface area (Å²) in [6, 6.07) is 4.04. The van der Waals surface area contributed by atoms with Gasteiger partial charge in [-0.05, 0) is 43.2 Å². The van der Waals surface area contributed by atoms with Crippen LogP contribution >= 0.6 is 0 Å². The topological polar surface area (TPSA) is 61.7 Å². The Hall–Kier alpha value is -2.75. The largest absolute Gasteiger partial charge is 0.381 e. The molecule has 2 N–H and O–H groups in total. The van der Waals surface area contributed by atoms with Crippen LogP contribution in [0.4, 0.5) is 5.69 Å². The summed E-state index contributed by atoms with van der Waals surface area (Å²) in [5.74, 6) is 0.740. The van der Waals surface area contributed by atoms with Gasteiger partial charge in [-0.15, -0.1) is 6.58 Å². The van der Waals surface area contributed by atoms with Gasteiger partial charge in [0, 0.05) is 35.8 Å². The molecule has 2 aromatic rings. The molecule has 0 aliphatic rings. The Morgan fingerprint density at radius 1 is 1.18 bits per heavy atom. The van der Waals surface area contributed by atoms with Gasteiger partial charge in [0.25, 0.3) is 0 Å². The van der Waals surface area contributed by atoms with Crippen molar-refractivity contribution >= 4 is 11.4 Å². The normalized spacial score (nSPS) is 10.1. The SMILES string of the molecule is C=CCNc1c(C)cc(-c2cnc(C)nc2)cc1C(=N)C=C. The summed E-state index contributed by atoms with van der Waals surface area (Å²) >= 11 is 0. The fourth-order valence-corrected chi connectivity index (χ4v) is 2.23. The van der Waals surface area contributed by atoms with E-state index in [2.05, 4.69) is 34.5 Å². The Morgan fingerprint density at radius 3 is 2.45 bits per heavy atom. The summed E-state index contributed by atoms with van der Waals surface area (Å²) in [6.07, 6.45) is 6.94. The van der Waals surface area contributed by atoms with Crippen molar-refractivity contribution in [1.82, 2.24) is 9.97 Å². The van der Waals surface area contributed by atoms with E-state index in [1.807, 2.05) is 19.9 Å². The Kier molecular flexibility index (Phi) is 4.84. The third-order valence-corrected chi connectivity index (χ3v) is 3.37. The molecule has 0 amide bonds. The molecule has 0 radical (unpaired) electrons. The Balaban J connectivity index is 2.56. The average molecular weight is 292 g/mol. The molecule has 0 spiro atoms. The lowest BCUT2D eigenvalue weighted by Gasteiger charge is -2.16. The second-order valence-electron chi connectivity index (χ2n) is 5.02. The van der Waals surface area contributed by atoms with E-state index in [1.54, 1.807) is 24.5 Å². The van der Waals surface area contributed by atoms with Gasteiger partial charge in [0.2, 0.25) is 0 Å². The maximum Gasteiger partial charge on any atom is 0.125 e. The van der Waals surface area contributed by atoms with Crippen molar-refractivity contribution in [3.63, 3.8) is 0 Å². The first-order chi connectivity index (χ1) is 10.6. The fraction of sp³-hybridized carbons (Fsp3) is 0.167. The molecular formula is C18H20N4. The molecule has 112 valence electrons. The minimum atomic E-state index is 0.379. The fourth-order valence-electron chi connectivity index (χ4n) is 2.23. The van der Waals surface area contributed by atoms with Gasteiger partial charge in [0.05, 0.1) is 5.71 Å². The highest BCUT2D eigenvalue weighted by atomic mass is 14.9. The summed E-state index contributed by atoms with van der Waals surface area (Å²) in [6.45, 7) is 11.9. The third kappa shape index (κ3) is 3.28. The van der Waals surface area contributed by atoms with Crippen molar-refractivity contribution in [2.24, 2.45) is 0 Å². The molecule has 1 heterocycles. The van der Waals surface area contributed by atoms with E-state index in [0.717, 1.165) is 33.8 Å². The first-order valence-corrected chi connectivity index (χ1v) is 7.06. The van der Waals surface area contributed by atoms with Crippen LogP contribution < -0.4 is 5.32 Å². The zero-order valence-electron chi connectivity index (χ0n) is 13.0. The van der Waals surface area contributed by atoms with Gasteiger partial charge in [-0.25, -0.2) is 9.97 Å². The van der Waals surface area contributed by atoms with E-state index in [0.29, 0.717) is 12.3 Å². The standard InChI is InChI=1S/C18H20N4/c1-5-7-20-18-12(3)8-14(9-16(18)17(19)6-2)15-10-21-13(4)22-11-15/h5-6,8-11,19-20H,1-2,7H2,3-4H3. The van der Waals surface area contributed by atoms with Crippen molar-refractivity contribution in [2.45, 2.75) is 13.8 Å². The van der Waals surface area contributed by atoms with Crippen LogP contribution in [0.25, 0.3) is 11.1 Å². The van der Waals surface area contributed by atoms with E-state index in [-0.39, 0.29) is 0 Å². The smallest absolute Gasteiger partial charge is 0.125 e. The molecule has 0 aliphatic carbocycles. The maximum absolute atomic E-state index is 8.13. The van der Waals surface area contributed by atoms with E-state index in [1.165, 1.54) is 0 Å². The maximum atomic E-state index is 8.13. The zero-order chi connectivity index (χ0) is 16.1. The molecule has 0 aliphatic heterocycles. The lowest BCUT2D eigenvalue weighted by Crippen LogP contribution is -2.07. The average Bonchev–Trinajstić information content (AvgIpc) is 2.53. The van der Waals surface area contributed by atoms with Crippen LogP contribution in [0.3, 0.4) is 0 Å². The van der Waals surface area contributed by atoms with Gasteiger partial charge in [-0.3, -0.25) is 0 Å². The molecule has 4 nitrogen and oxygen atoms in total. The van der Waals surface area contributed by atoms with Crippen LogP contribution in [0.1, 0.15) is 17.0 Å². The summed E-state index contributed by atoms with van der Waals surface area (Å²) in [5.41, 5.74) is 5.10. The van der Waals surface area contributed by atoms with E-state index < -0.39 is 0 Å². The van der Waals surface area contributed by atoms with Crippen molar-refractivity contribution in [3.05, 3.63) is 66.8 Å². The predicted molar refractivity (Wildman–Crippen MR) is 92.7 cm³/mol. The highest BCUT2D eigenvalue weighted by Gasteiger charge is 2.12. The lowest BCUT2D eigenvalue weighted by molar-refractivity contribution is 1.06. The molecule has 4 heteroatoms. The summed E-state index contributed by atoms with van der Waals surface area (Å²) < 4.78 is 0. The number of nitrogens with one attached hydrogen (secondary N) is 2. The number of allylic oxidation sites excluding steroid dienone is 1. The Labute approximate surface area is 131 Å². The van der Waals surface area contributed by atoms with Crippen LogP contribution in [0, 0.1) is 19.3 Å². The Bertz CT molecular complexity index is 715. The number of anilines is 1. The Morgan fingerprint density at radius 2 is 1.86 bits per heavy atom. The second kappa shape index (κ2) is 6.80. The molecule has 0 saturated carbocycles. The van der Waals surface area contributed by atoms with Gasteiger partial charge < -0.3 is 10.7 Å². The van der Waals surface area contributed by atoms with Crippen molar-refractivity contribution < 1.29 is 0 Å². The summed E-state index contributed by atoms with van der Waals surface area (Å²) in [4.78, 5) is 8.48. The quantitative estimate of drug-likeness (QED) is 0.626. The van der Waals surface area contributed by atoms with Crippen LogP contribution in [0.15, 0.2) is 49.8 Å².